The molecule has 8 heteroatoms. The molecule has 0 aliphatic rings. The van der Waals surface area contributed by atoms with Gasteiger partial charge in [0.25, 0.3) is 10.0 Å². The highest BCUT2D eigenvalue weighted by atomic mass is 32.2. The number of benzene rings is 4. The molecular formula is C36H41N3O4S. The number of carbonyl (C=O) groups excluding carboxylic acids is 2. The molecule has 4 aromatic carbocycles. The summed E-state index contributed by atoms with van der Waals surface area (Å²) in [4.78, 5) is 29.8. The van der Waals surface area contributed by atoms with Crippen LogP contribution in [0, 0.1) is 20.8 Å². The second-order valence-corrected chi connectivity index (χ2v) is 13.4. The third-order valence-corrected chi connectivity index (χ3v) is 9.17. The Morgan fingerprint density at radius 2 is 1.23 bits per heavy atom. The minimum atomic E-state index is -4.13. The molecule has 0 aromatic heterocycles. The van der Waals surface area contributed by atoms with Crippen LogP contribution in [0.2, 0.25) is 0 Å². The molecule has 0 fully saturated rings. The lowest BCUT2D eigenvalue weighted by atomic mass is 10.0. The van der Waals surface area contributed by atoms with Crippen molar-refractivity contribution in [2.75, 3.05) is 10.8 Å². The standard InChI is InChI=1S/C36H41N3O4S/c1-26(2)37-36(41)34(23-30-9-7-6-8-10-30)38(24-31-17-11-27(3)12-18-31)35(40)25-39(32-19-13-28(4)14-20-32)44(42,43)33-21-15-29(5)16-22-33/h6-22,26,34H,23-25H2,1-5H3,(H,37,41)/t34-/m1/s1. The number of nitrogens with one attached hydrogen (secondary N) is 1. The number of nitrogens with zero attached hydrogens (tertiary/aromatic N) is 2. The maximum atomic E-state index is 14.5. The monoisotopic (exact) mass is 611 g/mol. The molecule has 0 saturated carbocycles. The normalized spacial score (nSPS) is 12.0. The second kappa shape index (κ2) is 14.4. The van der Waals surface area contributed by atoms with Crippen LogP contribution in [0.5, 0.6) is 0 Å². The fourth-order valence-electron chi connectivity index (χ4n) is 4.90. The van der Waals surface area contributed by atoms with Gasteiger partial charge in [-0.3, -0.25) is 13.9 Å². The maximum absolute atomic E-state index is 14.5. The predicted molar refractivity (Wildman–Crippen MR) is 176 cm³/mol. The maximum Gasteiger partial charge on any atom is 0.264 e. The average Bonchev–Trinajstić information content (AvgIpc) is 2.99. The van der Waals surface area contributed by atoms with Crippen molar-refractivity contribution in [2.45, 2.75) is 64.6 Å². The number of anilines is 1. The first-order chi connectivity index (χ1) is 20.9. The summed E-state index contributed by atoms with van der Waals surface area (Å²) in [6, 6.07) is 29.9. The summed E-state index contributed by atoms with van der Waals surface area (Å²) in [5.74, 6) is -0.783. The first-order valence-corrected chi connectivity index (χ1v) is 16.2. The Labute approximate surface area is 261 Å². The van der Waals surface area contributed by atoms with E-state index in [9.17, 15) is 18.0 Å². The first kappa shape index (κ1) is 32.5. The van der Waals surface area contributed by atoms with Gasteiger partial charge in [0, 0.05) is 19.0 Å². The van der Waals surface area contributed by atoms with Gasteiger partial charge in [0.1, 0.15) is 12.6 Å². The Balaban J connectivity index is 1.79. The molecule has 7 nitrogen and oxygen atoms in total. The number of amides is 2. The van der Waals surface area contributed by atoms with Crippen molar-refractivity contribution in [3.05, 3.63) is 131 Å². The van der Waals surface area contributed by atoms with Gasteiger partial charge < -0.3 is 10.2 Å². The van der Waals surface area contributed by atoms with Gasteiger partial charge in [-0.2, -0.15) is 0 Å². The van der Waals surface area contributed by atoms with Gasteiger partial charge in [0.05, 0.1) is 10.6 Å². The Morgan fingerprint density at radius 1 is 0.705 bits per heavy atom. The van der Waals surface area contributed by atoms with E-state index >= 15 is 0 Å². The molecule has 0 bridgehead atoms. The summed E-state index contributed by atoms with van der Waals surface area (Å²) in [7, 11) is -4.13. The van der Waals surface area contributed by atoms with Crippen LogP contribution in [0.15, 0.2) is 108 Å². The number of rotatable bonds is 12. The van der Waals surface area contributed by atoms with E-state index in [4.69, 9.17) is 0 Å². The van der Waals surface area contributed by atoms with Crippen LogP contribution >= 0.6 is 0 Å². The predicted octanol–water partition coefficient (Wildman–Crippen LogP) is 5.97. The molecule has 0 aliphatic heterocycles. The molecule has 1 N–H and O–H groups in total. The molecule has 4 aromatic rings. The summed E-state index contributed by atoms with van der Waals surface area (Å²) in [6.45, 7) is 9.18. The second-order valence-electron chi connectivity index (χ2n) is 11.5. The van der Waals surface area contributed by atoms with Crippen molar-refractivity contribution in [1.82, 2.24) is 10.2 Å². The van der Waals surface area contributed by atoms with E-state index < -0.39 is 28.5 Å². The first-order valence-electron chi connectivity index (χ1n) is 14.8. The molecule has 0 aliphatic carbocycles. The van der Waals surface area contributed by atoms with Crippen LogP contribution < -0.4 is 9.62 Å². The molecule has 1 atom stereocenters. The third kappa shape index (κ3) is 8.35. The Morgan fingerprint density at radius 3 is 1.77 bits per heavy atom. The van der Waals surface area contributed by atoms with Gasteiger partial charge in [-0.1, -0.05) is 95.6 Å². The lowest BCUT2D eigenvalue weighted by Gasteiger charge is -2.34. The molecule has 0 unspecified atom stereocenters. The Hall–Kier alpha value is -4.43. The smallest absolute Gasteiger partial charge is 0.264 e. The topological polar surface area (TPSA) is 86.8 Å². The van der Waals surface area contributed by atoms with Crippen molar-refractivity contribution < 1.29 is 18.0 Å². The van der Waals surface area contributed by atoms with Crippen LogP contribution in [0.4, 0.5) is 5.69 Å². The Kier molecular flexibility index (Phi) is 10.6. The molecule has 2 amide bonds. The molecule has 4 rings (SSSR count). The SMILES string of the molecule is Cc1ccc(CN(C(=O)CN(c2ccc(C)cc2)S(=O)(=O)c2ccc(C)cc2)[C@H](Cc2ccccc2)C(=O)NC(C)C)cc1. The van der Waals surface area contributed by atoms with E-state index in [1.165, 1.54) is 4.90 Å². The summed E-state index contributed by atoms with van der Waals surface area (Å²) in [6.07, 6.45) is 0.270. The zero-order valence-corrected chi connectivity index (χ0v) is 26.8. The van der Waals surface area contributed by atoms with Gasteiger partial charge in [0.2, 0.25) is 11.8 Å². The zero-order valence-electron chi connectivity index (χ0n) is 26.0. The van der Waals surface area contributed by atoms with Crippen molar-refractivity contribution in [2.24, 2.45) is 0 Å². The van der Waals surface area contributed by atoms with Gasteiger partial charge in [-0.25, -0.2) is 8.42 Å². The van der Waals surface area contributed by atoms with E-state index in [1.54, 1.807) is 36.4 Å². The fraction of sp³-hybridized carbons (Fsp3) is 0.278. The molecule has 0 spiro atoms. The highest BCUT2D eigenvalue weighted by Gasteiger charge is 2.34. The molecule has 0 saturated heterocycles. The van der Waals surface area contributed by atoms with Crippen molar-refractivity contribution >= 4 is 27.5 Å². The van der Waals surface area contributed by atoms with E-state index in [2.05, 4.69) is 5.32 Å². The van der Waals surface area contributed by atoms with Gasteiger partial charge in [-0.15, -0.1) is 0 Å². The quantitative estimate of drug-likeness (QED) is 0.214. The summed E-state index contributed by atoms with van der Waals surface area (Å²) in [5.41, 5.74) is 5.04. The summed E-state index contributed by atoms with van der Waals surface area (Å²) in [5, 5.41) is 2.98. The Bertz CT molecular complexity index is 1650. The fourth-order valence-corrected chi connectivity index (χ4v) is 6.32. The lowest BCUT2D eigenvalue weighted by molar-refractivity contribution is -0.140. The minimum absolute atomic E-state index is 0.0833. The van der Waals surface area contributed by atoms with E-state index in [0.29, 0.717) is 5.69 Å². The largest absolute Gasteiger partial charge is 0.352 e. The molecule has 0 heterocycles. The number of hydrogen-bond acceptors (Lipinski definition) is 4. The summed E-state index contributed by atoms with van der Waals surface area (Å²) < 4.78 is 29.3. The van der Waals surface area contributed by atoms with E-state index in [0.717, 1.165) is 32.1 Å². The van der Waals surface area contributed by atoms with E-state index in [-0.39, 0.29) is 29.8 Å². The van der Waals surface area contributed by atoms with Crippen molar-refractivity contribution in [3.63, 3.8) is 0 Å². The van der Waals surface area contributed by atoms with Gasteiger partial charge in [-0.05, 0) is 70.0 Å². The third-order valence-electron chi connectivity index (χ3n) is 7.39. The average molecular weight is 612 g/mol. The van der Waals surface area contributed by atoms with Crippen molar-refractivity contribution in [3.8, 4) is 0 Å². The zero-order chi connectivity index (χ0) is 31.9. The minimum Gasteiger partial charge on any atom is -0.352 e. The van der Waals surface area contributed by atoms with Crippen LogP contribution in [-0.2, 0) is 32.6 Å². The van der Waals surface area contributed by atoms with Crippen LogP contribution in [0.25, 0.3) is 0 Å². The molecular weight excluding hydrogens is 570 g/mol. The molecule has 44 heavy (non-hydrogen) atoms. The van der Waals surface area contributed by atoms with E-state index in [1.807, 2.05) is 101 Å². The lowest BCUT2D eigenvalue weighted by Crippen LogP contribution is -2.54. The van der Waals surface area contributed by atoms with Crippen molar-refractivity contribution in [1.29, 1.82) is 0 Å². The number of hydrogen-bond donors (Lipinski definition) is 1. The summed E-state index contributed by atoms with van der Waals surface area (Å²) >= 11 is 0. The molecule has 0 radical (unpaired) electrons. The molecule has 230 valence electrons. The highest BCUT2D eigenvalue weighted by Crippen LogP contribution is 2.26. The number of sulfonamides is 1. The van der Waals surface area contributed by atoms with Gasteiger partial charge >= 0.3 is 0 Å². The van der Waals surface area contributed by atoms with Gasteiger partial charge in [0.15, 0.2) is 0 Å². The van der Waals surface area contributed by atoms with Crippen LogP contribution in [0.3, 0.4) is 0 Å². The highest BCUT2D eigenvalue weighted by molar-refractivity contribution is 7.92. The van der Waals surface area contributed by atoms with Crippen LogP contribution in [-0.4, -0.2) is 43.8 Å². The van der Waals surface area contributed by atoms with Crippen LogP contribution in [0.1, 0.15) is 41.7 Å². The number of carbonyl (C=O) groups is 2. The number of aryl methyl sites for hydroxylation is 3.